The summed E-state index contributed by atoms with van der Waals surface area (Å²) >= 11 is 6.38. The summed E-state index contributed by atoms with van der Waals surface area (Å²) < 4.78 is 5.38. The van der Waals surface area contributed by atoms with Gasteiger partial charge in [0, 0.05) is 26.7 Å². The summed E-state index contributed by atoms with van der Waals surface area (Å²) in [6.07, 6.45) is 0.250. The third kappa shape index (κ3) is 9.44. The second kappa shape index (κ2) is 15.5. The molecule has 12 nitrogen and oxygen atoms in total. The van der Waals surface area contributed by atoms with Crippen LogP contribution in [0.3, 0.4) is 0 Å². The topological polar surface area (TPSA) is 186 Å². The zero-order chi connectivity index (χ0) is 29.1. The van der Waals surface area contributed by atoms with Gasteiger partial charge in [0.05, 0.1) is 27.5 Å². The van der Waals surface area contributed by atoms with Gasteiger partial charge < -0.3 is 26.2 Å². The third-order valence-corrected chi connectivity index (χ3v) is 5.36. The Kier molecular flexibility index (Phi) is 12.8. The Bertz CT molecular complexity index is 1420. The van der Waals surface area contributed by atoms with Crippen molar-refractivity contribution in [3.05, 3.63) is 88.4 Å². The number of halogens is 2. The zero-order valence-corrected chi connectivity index (χ0v) is 22.8. The van der Waals surface area contributed by atoms with E-state index in [-0.39, 0.29) is 59.0 Å². The van der Waals surface area contributed by atoms with Gasteiger partial charge in [-0.25, -0.2) is 19.4 Å². The number of carboxylic acid groups (broad SMARTS) is 1. The fourth-order valence-corrected chi connectivity index (χ4v) is 3.61. The van der Waals surface area contributed by atoms with E-state index in [1.165, 1.54) is 46.2 Å². The number of hydrogen-bond donors (Lipinski definition) is 3. The number of carbonyl (C=O) groups is 3. The largest absolute Gasteiger partial charge is 0.478 e. The van der Waals surface area contributed by atoms with E-state index in [4.69, 9.17) is 42.5 Å². The standard InChI is InChI=1S/C25H24ClN5O5.CO2.ClH/c1-30(14-15-4-3-5-17(12-15)22(32)33)25(35)31(2)21-11-10-19(13-20(21)26)36-23(34)16-6-8-18(9-7-16)29-24(27)28;2-1-3;/h3-13H,14H2,1-2H3,(H,32,33)(H4,27,28,29);;1H. The Morgan fingerprint density at radius 2 is 1.60 bits per heavy atom. The number of amides is 2. The molecule has 0 spiro atoms. The van der Waals surface area contributed by atoms with Crippen LogP contribution in [0.1, 0.15) is 26.3 Å². The Balaban J connectivity index is 0.00000191. The molecule has 14 heteroatoms. The summed E-state index contributed by atoms with van der Waals surface area (Å²) in [7, 11) is 3.15. The van der Waals surface area contributed by atoms with Crippen LogP contribution in [0, 0.1) is 0 Å². The molecule has 0 aliphatic rings. The van der Waals surface area contributed by atoms with Crippen LogP contribution in [0.15, 0.2) is 71.7 Å². The number of esters is 1. The summed E-state index contributed by atoms with van der Waals surface area (Å²) in [5.41, 5.74) is 12.6. The van der Waals surface area contributed by atoms with Gasteiger partial charge in [0.15, 0.2) is 5.96 Å². The van der Waals surface area contributed by atoms with Gasteiger partial charge >= 0.3 is 24.1 Å². The summed E-state index contributed by atoms with van der Waals surface area (Å²) in [4.78, 5) is 59.5. The molecule has 5 N–H and O–H groups in total. The smallest absolute Gasteiger partial charge is 0.373 e. The zero-order valence-electron chi connectivity index (χ0n) is 21.2. The number of guanidine groups is 1. The predicted molar refractivity (Wildman–Crippen MR) is 149 cm³/mol. The van der Waals surface area contributed by atoms with Crippen molar-refractivity contribution in [1.82, 2.24) is 4.90 Å². The molecular formula is C26H25Cl2N5O7. The minimum absolute atomic E-state index is 0. The summed E-state index contributed by atoms with van der Waals surface area (Å²) in [6, 6.07) is 16.7. The van der Waals surface area contributed by atoms with Crippen molar-refractivity contribution in [2.24, 2.45) is 16.5 Å². The number of aromatic carboxylic acids is 1. The van der Waals surface area contributed by atoms with E-state index in [9.17, 15) is 14.4 Å². The number of hydrogen-bond acceptors (Lipinski definition) is 7. The number of rotatable bonds is 7. The molecule has 0 bridgehead atoms. The van der Waals surface area contributed by atoms with Crippen LogP contribution in [0.4, 0.5) is 16.2 Å². The lowest BCUT2D eigenvalue weighted by Gasteiger charge is -2.26. The molecule has 0 heterocycles. The van der Waals surface area contributed by atoms with E-state index in [1.54, 1.807) is 44.4 Å². The first kappa shape index (κ1) is 33.1. The van der Waals surface area contributed by atoms with Crippen molar-refractivity contribution < 1.29 is 33.8 Å². The Labute approximate surface area is 240 Å². The van der Waals surface area contributed by atoms with Crippen molar-refractivity contribution in [2.45, 2.75) is 6.54 Å². The van der Waals surface area contributed by atoms with Gasteiger partial charge in [-0.3, -0.25) is 4.90 Å². The number of nitrogens with zero attached hydrogens (tertiary/aromatic N) is 3. The molecular weight excluding hydrogens is 565 g/mol. The number of benzene rings is 3. The molecule has 0 radical (unpaired) electrons. The molecule has 3 rings (SSSR count). The van der Waals surface area contributed by atoms with E-state index < -0.39 is 11.9 Å². The first-order chi connectivity index (χ1) is 18.5. The molecule has 0 atom stereocenters. The summed E-state index contributed by atoms with van der Waals surface area (Å²) in [5.74, 6) is -1.55. The van der Waals surface area contributed by atoms with Crippen molar-refractivity contribution in [3.63, 3.8) is 0 Å². The number of nitrogens with two attached hydrogens (primary N) is 2. The van der Waals surface area contributed by atoms with Gasteiger partial charge in [-0.1, -0.05) is 23.7 Å². The number of carbonyl (C=O) groups excluding carboxylic acids is 4. The van der Waals surface area contributed by atoms with Gasteiger partial charge in [-0.2, -0.15) is 9.59 Å². The number of ether oxygens (including phenoxy) is 1. The first-order valence-electron chi connectivity index (χ1n) is 11.0. The van der Waals surface area contributed by atoms with E-state index in [2.05, 4.69) is 4.99 Å². The fraction of sp³-hybridized carbons (Fsp3) is 0.115. The Morgan fingerprint density at radius 3 is 2.15 bits per heavy atom. The normalized spacial score (nSPS) is 9.47. The molecule has 0 aromatic heterocycles. The molecule has 0 aliphatic heterocycles. The molecule has 2 amide bonds. The van der Waals surface area contributed by atoms with Crippen LogP contribution in [0.5, 0.6) is 5.75 Å². The average Bonchev–Trinajstić information content (AvgIpc) is 2.88. The summed E-state index contributed by atoms with van der Waals surface area (Å²) in [6.45, 7) is 0.194. The molecule has 0 aliphatic carbocycles. The molecule has 40 heavy (non-hydrogen) atoms. The van der Waals surface area contributed by atoms with Crippen molar-refractivity contribution in [1.29, 1.82) is 0 Å². The van der Waals surface area contributed by atoms with Crippen LogP contribution in [0.25, 0.3) is 0 Å². The molecule has 0 saturated heterocycles. The highest BCUT2D eigenvalue weighted by Crippen LogP contribution is 2.30. The van der Waals surface area contributed by atoms with Crippen LogP contribution < -0.4 is 21.1 Å². The predicted octanol–water partition coefficient (Wildman–Crippen LogP) is 3.69. The number of urea groups is 1. The SMILES string of the molecule is CN(Cc1cccc(C(=O)O)c1)C(=O)N(C)c1ccc(OC(=O)c2ccc(N=C(N)N)cc2)cc1Cl.Cl.O=C=O. The van der Waals surface area contributed by atoms with Gasteiger partial charge in [-0.05, 0) is 54.1 Å². The van der Waals surface area contributed by atoms with Gasteiger partial charge in [-0.15, -0.1) is 12.4 Å². The maximum atomic E-state index is 12.9. The first-order valence-corrected chi connectivity index (χ1v) is 11.4. The van der Waals surface area contributed by atoms with Crippen LogP contribution >= 0.6 is 24.0 Å². The number of carboxylic acids is 1. The van der Waals surface area contributed by atoms with Crippen molar-refractivity contribution >= 4 is 65.5 Å². The quantitative estimate of drug-likeness (QED) is 0.160. The highest BCUT2D eigenvalue weighted by Gasteiger charge is 2.20. The summed E-state index contributed by atoms with van der Waals surface area (Å²) in [5, 5.41) is 9.35. The second-order valence-electron chi connectivity index (χ2n) is 7.87. The number of anilines is 1. The van der Waals surface area contributed by atoms with Gasteiger partial charge in [0.25, 0.3) is 0 Å². The molecule has 0 saturated carbocycles. The van der Waals surface area contributed by atoms with E-state index in [1.807, 2.05) is 0 Å². The fourth-order valence-electron chi connectivity index (χ4n) is 3.31. The van der Waals surface area contributed by atoms with Crippen LogP contribution in [0.2, 0.25) is 5.02 Å². The molecule has 3 aromatic carbocycles. The third-order valence-electron chi connectivity index (χ3n) is 5.06. The molecule has 0 unspecified atom stereocenters. The highest BCUT2D eigenvalue weighted by molar-refractivity contribution is 6.34. The minimum atomic E-state index is -1.04. The van der Waals surface area contributed by atoms with E-state index >= 15 is 0 Å². The Hall–Kier alpha value is -4.90. The Morgan fingerprint density at radius 1 is 0.975 bits per heavy atom. The second-order valence-corrected chi connectivity index (χ2v) is 8.28. The van der Waals surface area contributed by atoms with Crippen LogP contribution in [-0.2, 0) is 16.1 Å². The maximum absolute atomic E-state index is 12.9. The van der Waals surface area contributed by atoms with Gasteiger partial charge in [0.1, 0.15) is 5.75 Å². The minimum Gasteiger partial charge on any atom is -0.478 e. The van der Waals surface area contributed by atoms with Crippen molar-refractivity contribution in [3.8, 4) is 5.75 Å². The lowest BCUT2D eigenvalue weighted by molar-refractivity contribution is -0.191. The highest BCUT2D eigenvalue weighted by atomic mass is 35.5. The maximum Gasteiger partial charge on any atom is 0.373 e. The van der Waals surface area contributed by atoms with E-state index in [0.29, 0.717) is 16.9 Å². The molecule has 0 fully saturated rings. The van der Waals surface area contributed by atoms with Crippen molar-refractivity contribution in [2.75, 3.05) is 19.0 Å². The molecule has 210 valence electrons. The average molecular weight is 590 g/mol. The number of aliphatic imine (C=N–C) groups is 1. The van der Waals surface area contributed by atoms with Crippen LogP contribution in [-0.4, -0.2) is 54.2 Å². The lowest BCUT2D eigenvalue weighted by Crippen LogP contribution is -2.38. The monoisotopic (exact) mass is 589 g/mol. The van der Waals surface area contributed by atoms with Gasteiger partial charge in [0.2, 0.25) is 0 Å². The van der Waals surface area contributed by atoms with E-state index in [0.717, 1.165) is 0 Å². The molecule has 3 aromatic rings. The lowest BCUT2D eigenvalue weighted by atomic mass is 10.1.